The molecule has 0 bridgehead atoms. The van der Waals surface area contributed by atoms with Crippen LogP contribution in [0.4, 0.5) is 0 Å². The van der Waals surface area contributed by atoms with E-state index < -0.39 is 34.6 Å². The topological polar surface area (TPSA) is 101 Å². The molecule has 132 valence electrons. The Bertz CT molecular complexity index is 379. The van der Waals surface area contributed by atoms with Gasteiger partial charge in [-0.2, -0.15) is 8.42 Å². The second-order valence-corrected chi connectivity index (χ2v) is 7.16. The maximum absolute atomic E-state index is 11.4. The van der Waals surface area contributed by atoms with E-state index >= 15 is 0 Å². The van der Waals surface area contributed by atoms with E-state index in [4.69, 9.17) is 9.29 Å². The molecule has 0 aliphatic rings. The molecule has 0 rings (SSSR count). The molecule has 0 heterocycles. The quantitative estimate of drug-likeness (QED) is 0.287. The van der Waals surface area contributed by atoms with Crippen molar-refractivity contribution in [3.63, 3.8) is 0 Å². The van der Waals surface area contributed by atoms with Crippen LogP contribution in [0.5, 0.6) is 0 Å². The van der Waals surface area contributed by atoms with Crippen molar-refractivity contribution in [3.05, 3.63) is 0 Å². The molecular weight excluding hydrogens is 308 g/mol. The molecule has 0 aromatic carbocycles. The van der Waals surface area contributed by atoms with Crippen molar-refractivity contribution >= 4 is 16.1 Å². The van der Waals surface area contributed by atoms with Gasteiger partial charge in [0, 0.05) is 6.42 Å². The highest BCUT2D eigenvalue weighted by Gasteiger charge is 2.15. The lowest BCUT2D eigenvalue weighted by molar-refractivity contribution is -0.146. The van der Waals surface area contributed by atoms with Gasteiger partial charge in [0.15, 0.2) is 0 Å². The molecule has 0 saturated heterocycles. The van der Waals surface area contributed by atoms with Crippen molar-refractivity contribution < 1.29 is 27.6 Å². The SMILES string of the molecule is CCCCCCCCCCCC(=O)OC[C@@H](O)CS(=O)(=O)O. The summed E-state index contributed by atoms with van der Waals surface area (Å²) in [7, 11) is -4.25. The minimum atomic E-state index is -4.25. The molecule has 0 aromatic rings. The summed E-state index contributed by atoms with van der Waals surface area (Å²) >= 11 is 0. The Labute approximate surface area is 134 Å². The molecule has 0 aliphatic carbocycles. The van der Waals surface area contributed by atoms with Gasteiger partial charge in [0.1, 0.15) is 18.5 Å². The van der Waals surface area contributed by atoms with E-state index in [-0.39, 0.29) is 6.42 Å². The Kier molecular flexibility index (Phi) is 12.5. The summed E-state index contributed by atoms with van der Waals surface area (Å²) in [4.78, 5) is 11.4. The van der Waals surface area contributed by atoms with Crippen molar-refractivity contribution in [2.45, 2.75) is 77.2 Å². The summed E-state index contributed by atoms with van der Waals surface area (Å²) < 4.78 is 34.3. The zero-order valence-electron chi connectivity index (χ0n) is 13.5. The number of hydrogen-bond acceptors (Lipinski definition) is 5. The minimum absolute atomic E-state index is 0.272. The lowest BCUT2D eigenvalue weighted by atomic mass is 10.1. The summed E-state index contributed by atoms with van der Waals surface area (Å²) in [6.45, 7) is 1.79. The molecule has 6 nitrogen and oxygen atoms in total. The van der Waals surface area contributed by atoms with Gasteiger partial charge >= 0.3 is 5.97 Å². The summed E-state index contributed by atoms with van der Waals surface area (Å²) in [6, 6.07) is 0. The lowest BCUT2D eigenvalue weighted by Crippen LogP contribution is -2.26. The van der Waals surface area contributed by atoms with Gasteiger partial charge in [-0.3, -0.25) is 9.35 Å². The van der Waals surface area contributed by atoms with Gasteiger partial charge in [-0.05, 0) is 6.42 Å². The zero-order chi connectivity index (χ0) is 16.8. The number of aliphatic hydroxyl groups excluding tert-OH is 1. The highest BCUT2D eigenvalue weighted by molar-refractivity contribution is 7.85. The first-order valence-electron chi connectivity index (χ1n) is 8.14. The first-order valence-corrected chi connectivity index (χ1v) is 9.75. The van der Waals surface area contributed by atoms with Crippen molar-refractivity contribution in [3.8, 4) is 0 Å². The van der Waals surface area contributed by atoms with Crippen LogP contribution >= 0.6 is 0 Å². The Hall–Kier alpha value is -0.660. The fourth-order valence-corrected chi connectivity index (χ4v) is 2.72. The van der Waals surface area contributed by atoms with Crippen LogP contribution in [0.1, 0.15) is 71.1 Å². The number of ether oxygens (including phenoxy) is 1. The largest absolute Gasteiger partial charge is 0.463 e. The maximum Gasteiger partial charge on any atom is 0.305 e. The highest BCUT2D eigenvalue weighted by Crippen LogP contribution is 2.10. The average molecular weight is 338 g/mol. The number of unbranched alkanes of at least 4 members (excludes halogenated alkanes) is 8. The predicted molar refractivity (Wildman–Crippen MR) is 85.2 cm³/mol. The molecule has 0 aromatic heterocycles. The van der Waals surface area contributed by atoms with Crippen molar-refractivity contribution in [2.24, 2.45) is 0 Å². The highest BCUT2D eigenvalue weighted by atomic mass is 32.2. The molecule has 0 spiro atoms. The second kappa shape index (κ2) is 12.8. The Morgan fingerprint density at radius 1 is 1.00 bits per heavy atom. The van der Waals surface area contributed by atoms with E-state index in [9.17, 15) is 18.3 Å². The third-order valence-electron chi connectivity index (χ3n) is 3.32. The molecule has 2 N–H and O–H groups in total. The van der Waals surface area contributed by atoms with Crippen LogP contribution in [-0.2, 0) is 19.6 Å². The molecule has 7 heteroatoms. The second-order valence-electron chi connectivity index (χ2n) is 5.66. The normalized spacial score (nSPS) is 13.0. The molecule has 0 radical (unpaired) electrons. The average Bonchev–Trinajstić information content (AvgIpc) is 2.41. The monoisotopic (exact) mass is 338 g/mol. The fourth-order valence-electron chi connectivity index (χ4n) is 2.13. The van der Waals surface area contributed by atoms with Gasteiger partial charge in [-0.1, -0.05) is 58.3 Å². The number of carbonyl (C=O) groups is 1. The van der Waals surface area contributed by atoms with E-state index in [1.54, 1.807) is 0 Å². The molecule has 0 unspecified atom stereocenters. The zero-order valence-corrected chi connectivity index (χ0v) is 14.3. The van der Waals surface area contributed by atoms with Gasteiger partial charge in [0.25, 0.3) is 10.1 Å². The minimum Gasteiger partial charge on any atom is -0.463 e. The molecule has 0 amide bonds. The number of esters is 1. The summed E-state index contributed by atoms with van der Waals surface area (Å²) in [6.07, 6.45) is 9.25. The van der Waals surface area contributed by atoms with Gasteiger partial charge in [-0.25, -0.2) is 0 Å². The number of hydrogen-bond donors (Lipinski definition) is 2. The van der Waals surface area contributed by atoms with Crippen molar-refractivity contribution in [1.82, 2.24) is 0 Å². The van der Waals surface area contributed by atoms with Crippen molar-refractivity contribution in [1.29, 1.82) is 0 Å². The summed E-state index contributed by atoms with van der Waals surface area (Å²) in [5, 5.41) is 9.25. The first-order chi connectivity index (χ1) is 10.3. The summed E-state index contributed by atoms with van der Waals surface area (Å²) in [5.74, 6) is -1.27. The number of carbonyl (C=O) groups excluding carboxylic acids is 1. The molecular formula is C15H30O6S. The van der Waals surface area contributed by atoms with Crippen LogP contribution in [-0.4, -0.2) is 42.5 Å². The van der Waals surface area contributed by atoms with Crippen LogP contribution < -0.4 is 0 Å². The van der Waals surface area contributed by atoms with E-state index in [0.29, 0.717) is 0 Å². The molecule has 0 fully saturated rings. The van der Waals surface area contributed by atoms with Crippen LogP contribution in [0.2, 0.25) is 0 Å². The van der Waals surface area contributed by atoms with Crippen LogP contribution in [0.3, 0.4) is 0 Å². The van der Waals surface area contributed by atoms with E-state index in [1.165, 1.54) is 38.5 Å². The van der Waals surface area contributed by atoms with E-state index in [2.05, 4.69) is 6.92 Å². The van der Waals surface area contributed by atoms with Gasteiger partial charge < -0.3 is 9.84 Å². The fraction of sp³-hybridized carbons (Fsp3) is 0.933. The number of rotatable bonds is 14. The molecule has 1 atom stereocenters. The van der Waals surface area contributed by atoms with Gasteiger partial charge in [0.2, 0.25) is 0 Å². The smallest absolute Gasteiger partial charge is 0.305 e. The Morgan fingerprint density at radius 3 is 2.00 bits per heavy atom. The van der Waals surface area contributed by atoms with E-state index in [1.807, 2.05) is 0 Å². The lowest BCUT2D eigenvalue weighted by Gasteiger charge is -2.09. The Balaban J connectivity index is 3.43. The third-order valence-corrected chi connectivity index (χ3v) is 4.13. The molecule has 0 saturated carbocycles. The molecule has 22 heavy (non-hydrogen) atoms. The standard InChI is InChI=1S/C15H30O6S/c1-2-3-4-5-6-7-8-9-10-11-15(17)21-12-14(16)13-22(18,19)20/h14,16H,2-13H2,1H3,(H,18,19,20)/t14-/m1/s1. The van der Waals surface area contributed by atoms with Crippen LogP contribution in [0.25, 0.3) is 0 Å². The van der Waals surface area contributed by atoms with Crippen LogP contribution in [0, 0.1) is 0 Å². The summed E-state index contributed by atoms with van der Waals surface area (Å²) in [5.41, 5.74) is 0. The Morgan fingerprint density at radius 2 is 1.50 bits per heavy atom. The van der Waals surface area contributed by atoms with Crippen LogP contribution in [0.15, 0.2) is 0 Å². The maximum atomic E-state index is 11.4. The molecule has 0 aliphatic heterocycles. The third kappa shape index (κ3) is 15.7. The number of aliphatic hydroxyl groups is 1. The predicted octanol–water partition coefficient (Wildman–Crippen LogP) is 2.70. The first kappa shape index (κ1) is 21.3. The van der Waals surface area contributed by atoms with E-state index in [0.717, 1.165) is 19.3 Å². The van der Waals surface area contributed by atoms with Gasteiger partial charge in [-0.15, -0.1) is 0 Å². The van der Waals surface area contributed by atoms with Gasteiger partial charge in [0.05, 0.1) is 0 Å². The van der Waals surface area contributed by atoms with Crippen molar-refractivity contribution in [2.75, 3.05) is 12.4 Å².